The fraction of sp³-hybridized carbons (Fsp3) is 0.417. The Morgan fingerprint density at radius 1 is 1.56 bits per heavy atom. The molecule has 0 radical (unpaired) electrons. The van der Waals surface area contributed by atoms with E-state index in [1.54, 1.807) is 0 Å². The van der Waals surface area contributed by atoms with Crippen molar-refractivity contribution in [3.8, 4) is 0 Å². The van der Waals surface area contributed by atoms with Gasteiger partial charge >= 0.3 is 5.97 Å². The molecular formula is C12H16N2O2. The van der Waals surface area contributed by atoms with Gasteiger partial charge in [-0.25, -0.2) is 4.79 Å². The Bertz CT molecular complexity index is 425. The molecule has 4 heteroatoms. The molecule has 0 fully saturated rings. The lowest BCUT2D eigenvalue weighted by Gasteiger charge is -2.18. The van der Waals surface area contributed by atoms with Crippen LogP contribution in [-0.2, 0) is 11.3 Å². The van der Waals surface area contributed by atoms with Crippen LogP contribution in [0.3, 0.4) is 0 Å². The third-order valence-corrected chi connectivity index (χ3v) is 3.17. The number of nitrogens with one attached hydrogen (secondary N) is 1. The number of nitrogens with two attached hydrogens (primary N) is 1. The lowest BCUT2D eigenvalue weighted by Crippen LogP contribution is -2.25. The standard InChI is InChI=1S/C12H16N2O2/c1-7-8(11(5-13)14-2)3-4-9-10(7)6-16-12(9)15/h3-4,11,14H,5-6,13H2,1-2H3/t11-/m0/s1. The maximum absolute atomic E-state index is 11.4. The third kappa shape index (κ3) is 1.60. The first kappa shape index (κ1) is 11.1. The summed E-state index contributed by atoms with van der Waals surface area (Å²) in [4.78, 5) is 11.4. The Labute approximate surface area is 94.8 Å². The van der Waals surface area contributed by atoms with Crippen LogP contribution in [-0.4, -0.2) is 19.6 Å². The Morgan fingerprint density at radius 2 is 2.31 bits per heavy atom. The number of hydrogen-bond acceptors (Lipinski definition) is 4. The zero-order valence-corrected chi connectivity index (χ0v) is 9.54. The van der Waals surface area contributed by atoms with Gasteiger partial charge in [0.15, 0.2) is 0 Å². The van der Waals surface area contributed by atoms with E-state index in [0.29, 0.717) is 18.7 Å². The Balaban J connectivity index is 2.47. The predicted octanol–water partition coefficient (Wildman–Crippen LogP) is 0.885. The highest BCUT2D eigenvalue weighted by Crippen LogP contribution is 2.28. The van der Waals surface area contributed by atoms with Gasteiger partial charge in [-0.15, -0.1) is 0 Å². The van der Waals surface area contributed by atoms with Crippen molar-refractivity contribution in [2.45, 2.75) is 19.6 Å². The Kier molecular flexibility index (Phi) is 2.94. The maximum atomic E-state index is 11.4. The summed E-state index contributed by atoms with van der Waals surface area (Å²) in [5, 5.41) is 3.16. The summed E-state index contributed by atoms with van der Waals surface area (Å²) in [6.07, 6.45) is 0. The van der Waals surface area contributed by atoms with E-state index in [0.717, 1.165) is 16.7 Å². The smallest absolute Gasteiger partial charge is 0.338 e. The van der Waals surface area contributed by atoms with E-state index in [9.17, 15) is 4.79 Å². The van der Waals surface area contributed by atoms with Gasteiger partial charge in [-0.2, -0.15) is 0 Å². The lowest BCUT2D eigenvalue weighted by atomic mass is 9.94. The average Bonchev–Trinajstić information content (AvgIpc) is 2.66. The van der Waals surface area contributed by atoms with Gasteiger partial charge in [0, 0.05) is 18.2 Å². The number of rotatable bonds is 3. The minimum atomic E-state index is -0.224. The molecule has 1 aliphatic heterocycles. The molecular weight excluding hydrogens is 204 g/mol. The average molecular weight is 220 g/mol. The van der Waals surface area contributed by atoms with E-state index < -0.39 is 0 Å². The number of hydrogen-bond donors (Lipinski definition) is 2. The fourth-order valence-corrected chi connectivity index (χ4v) is 2.15. The van der Waals surface area contributed by atoms with Crippen LogP contribution in [0.15, 0.2) is 12.1 Å². The van der Waals surface area contributed by atoms with Crippen LogP contribution in [0.4, 0.5) is 0 Å². The van der Waals surface area contributed by atoms with Crippen LogP contribution >= 0.6 is 0 Å². The van der Waals surface area contributed by atoms with Gasteiger partial charge in [-0.05, 0) is 31.2 Å². The molecule has 0 amide bonds. The highest BCUT2D eigenvalue weighted by molar-refractivity contribution is 5.93. The first-order valence-electron chi connectivity index (χ1n) is 5.36. The van der Waals surface area contributed by atoms with Crippen LogP contribution in [0.1, 0.15) is 33.1 Å². The monoisotopic (exact) mass is 220 g/mol. The molecule has 0 bridgehead atoms. The van der Waals surface area contributed by atoms with Crippen molar-refractivity contribution in [3.63, 3.8) is 0 Å². The molecule has 1 aliphatic rings. The van der Waals surface area contributed by atoms with E-state index >= 15 is 0 Å². The van der Waals surface area contributed by atoms with E-state index in [-0.39, 0.29) is 12.0 Å². The van der Waals surface area contributed by atoms with Gasteiger partial charge in [0.1, 0.15) is 6.61 Å². The number of likely N-dealkylation sites (N-methyl/N-ethyl adjacent to an activating group) is 1. The van der Waals surface area contributed by atoms with Gasteiger partial charge in [0.2, 0.25) is 0 Å². The van der Waals surface area contributed by atoms with Gasteiger partial charge in [0.25, 0.3) is 0 Å². The summed E-state index contributed by atoms with van der Waals surface area (Å²) in [7, 11) is 1.88. The van der Waals surface area contributed by atoms with Crippen LogP contribution < -0.4 is 11.1 Å². The van der Waals surface area contributed by atoms with Crippen molar-refractivity contribution in [3.05, 3.63) is 34.4 Å². The summed E-state index contributed by atoms with van der Waals surface area (Å²) < 4.78 is 5.02. The number of benzene rings is 1. The molecule has 4 nitrogen and oxygen atoms in total. The molecule has 0 spiro atoms. The maximum Gasteiger partial charge on any atom is 0.338 e. The SMILES string of the molecule is CN[C@@H](CN)c1ccc2c(c1C)COC2=O. The molecule has 2 rings (SSSR count). The van der Waals surface area contributed by atoms with E-state index in [2.05, 4.69) is 5.32 Å². The molecule has 1 aromatic carbocycles. The highest BCUT2D eigenvalue weighted by atomic mass is 16.5. The number of esters is 1. The van der Waals surface area contributed by atoms with Crippen molar-refractivity contribution >= 4 is 5.97 Å². The van der Waals surface area contributed by atoms with Crippen molar-refractivity contribution < 1.29 is 9.53 Å². The Hall–Kier alpha value is -1.39. The zero-order chi connectivity index (χ0) is 11.7. The predicted molar refractivity (Wildman–Crippen MR) is 61.2 cm³/mol. The number of cyclic esters (lactones) is 1. The lowest BCUT2D eigenvalue weighted by molar-refractivity contribution is 0.0535. The fourth-order valence-electron chi connectivity index (χ4n) is 2.15. The molecule has 0 saturated carbocycles. The molecule has 1 atom stereocenters. The molecule has 3 N–H and O–H groups in total. The van der Waals surface area contributed by atoms with Crippen LogP contribution in [0.25, 0.3) is 0 Å². The largest absolute Gasteiger partial charge is 0.457 e. The van der Waals surface area contributed by atoms with Gasteiger partial charge in [-0.1, -0.05) is 6.07 Å². The molecule has 86 valence electrons. The van der Waals surface area contributed by atoms with Gasteiger partial charge < -0.3 is 15.8 Å². The zero-order valence-electron chi connectivity index (χ0n) is 9.54. The van der Waals surface area contributed by atoms with E-state index in [1.807, 2.05) is 26.1 Å². The molecule has 1 aromatic rings. The van der Waals surface area contributed by atoms with Crippen LogP contribution in [0.2, 0.25) is 0 Å². The van der Waals surface area contributed by atoms with Crippen molar-refractivity contribution in [1.29, 1.82) is 0 Å². The minimum Gasteiger partial charge on any atom is -0.457 e. The van der Waals surface area contributed by atoms with E-state index in [4.69, 9.17) is 10.5 Å². The second kappa shape index (κ2) is 4.23. The number of carbonyl (C=O) groups is 1. The van der Waals surface area contributed by atoms with Crippen LogP contribution in [0, 0.1) is 6.92 Å². The molecule has 0 aromatic heterocycles. The second-order valence-electron chi connectivity index (χ2n) is 3.96. The first-order chi connectivity index (χ1) is 7.69. The van der Waals surface area contributed by atoms with Gasteiger partial charge in [0.05, 0.1) is 5.56 Å². The van der Waals surface area contributed by atoms with Crippen molar-refractivity contribution in [2.75, 3.05) is 13.6 Å². The Morgan fingerprint density at radius 3 is 2.94 bits per heavy atom. The topological polar surface area (TPSA) is 64.3 Å². The van der Waals surface area contributed by atoms with Crippen molar-refractivity contribution in [2.24, 2.45) is 5.73 Å². The minimum absolute atomic E-state index is 0.126. The molecule has 0 aliphatic carbocycles. The summed E-state index contributed by atoms with van der Waals surface area (Å²) in [6, 6.07) is 3.91. The molecule has 1 heterocycles. The molecule has 0 unspecified atom stereocenters. The summed E-state index contributed by atoms with van der Waals surface area (Å²) in [6.45, 7) is 2.93. The summed E-state index contributed by atoms with van der Waals surface area (Å²) in [5.41, 5.74) is 9.63. The molecule has 0 saturated heterocycles. The highest BCUT2D eigenvalue weighted by Gasteiger charge is 2.25. The second-order valence-corrected chi connectivity index (χ2v) is 3.96. The van der Waals surface area contributed by atoms with E-state index in [1.165, 1.54) is 0 Å². The summed E-state index contributed by atoms with van der Waals surface area (Å²) in [5.74, 6) is -0.224. The number of fused-ring (bicyclic) bond motifs is 1. The molecule has 16 heavy (non-hydrogen) atoms. The number of ether oxygens (including phenoxy) is 1. The van der Waals surface area contributed by atoms with Crippen molar-refractivity contribution in [1.82, 2.24) is 5.32 Å². The van der Waals surface area contributed by atoms with Gasteiger partial charge in [-0.3, -0.25) is 0 Å². The number of carbonyl (C=O) groups excluding carboxylic acids is 1. The first-order valence-corrected chi connectivity index (χ1v) is 5.36. The third-order valence-electron chi connectivity index (χ3n) is 3.17. The quantitative estimate of drug-likeness (QED) is 0.742. The summed E-state index contributed by atoms with van der Waals surface area (Å²) >= 11 is 0. The normalized spacial score (nSPS) is 15.8. The van der Waals surface area contributed by atoms with Crippen LogP contribution in [0.5, 0.6) is 0 Å².